The van der Waals surface area contributed by atoms with E-state index in [4.69, 9.17) is 10.5 Å². The lowest BCUT2D eigenvalue weighted by Gasteiger charge is -2.09. The van der Waals surface area contributed by atoms with Gasteiger partial charge in [-0.2, -0.15) is 0 Å². The summed E-state index contributed by atoms with van der Waals surface area (Å²) in [6, 6.07) is 8.93. The van der Waals surface area contributed by atoms with E-state index in [-0.39, 0.29) is 5.91 Å². The molecular formula is C20H23N3O3. The highest BCUT2D eigenvalue weighted by Crippen LogP contribution is 2.21. The van der Waals surface area contributed by atoms with Crippen LogP contribution in [-0.4, -0.2) is 36.6 Å². The first-order valence-corrected chi connectivity index (χ1v) is 8.85. The Labute approximate surface area is 152 Å². The van der Waals surface area contributed by atoms with Crippen molar-refractivity contribution in [2.45, 2.75) is 19.3 Å². The third-order valence-electron chi connectivity index (χ3n) is 4.58. The minimum absolute atomic E-state index is 0.103. The summed E-state index contributed by atoms with van der Waals surface area (Å²) in [6.07, 6.45) is 6.22. The van der Waals surface area contributed by atoms with Crippen molar-refractivity contribution < 1.29 is 14.3 Å². The molecule has 2 heterocycles. The number of rotatable bonds is 7. The van der Waals surface area contributed by atoms with Crippen LogP contribution in [0.2, 0.25) is 0 Å². The van der Waals surface area contributed by atoms with E-state index in [0.717, 1.165) is 43.6 Å². The summed E-state index contributed by atoms with van der Waals surface area (Å²) < 4.78 is 5.36. The molecular weight excluding hydrogens is 330 g/mol. The number of hydrogen-bond acceptors (Lipinski definition) is 4. The SMILES string of the molecule is NC(=O)c1cncc(-c2cccc(C(=O)NCCC[C@@H]3CCOC3)c2)c1. The molecule has 1 saturated heterocycles. The maximum atomic E-state index is 12.4. The predicted octanol–water partition coefficient (Wildman–Crippen LogP) is 2.39. The number of aromatic nitrogens is 1. The summed E-state index contributed by atoms with van der Waals surface area (Å²) in [7, 11) is 0. The second-order valence-electron chi connectivity index (χ2n) is 6.54. The van der Waals surface area contributed by atoms with E-state index in [2.05, 4.69) is 10.3 Å². The number of hydrogen-bond donors (Lipinski definition) is 2. The molecule has 0 saturated carbocycles. The molecule has 6 heteroatoms. The van der Waals surface area contributed by atoms with Crippen molar-refractivity contribution >= 4 is 11.8 Å². The van der Waals surface area contributed by atoms with Gasteiger partial charge in [-0.15, -0.1) is 0 Å². The Kier molecular flexibility index (Phi) is 5.96. The van der Waals surface area contributed by atoms with Gasteiger partial charge in [0.15, 0.2) is 0 Å². The molecule has 1 aliphatic rings. The van der Waals surface area contributed by atoms with Gasteiger partial charge in [0.1, 0.15) is 0 Å². The van der Waals surface area contributed by atoms with Gasteiger partial charge in [-0.05, 0) is 48.9 Å². The first kappa shape index (κ1) is 18.1. The van der Waals surface area contributed by atoms with Crippen LogP contribution in [0, 0.1) is 5.92 Å². The molecule has 1 fully saturated rings. The number of carbonyl (C=O) groups excluding carboxylic acids is 2. The first-order valence-electron chi connectivity index (χ1n) is 8.85. The third kappa shape index (κ3) is 4.67. The Morgan fingerprint density at radius 2 is 2.04 bits per heavy atom. The second-order valence-corrected chi connectivity index (χ2v) is 6.54. The molecule has 1 aromatic heterocycles. The number of nitrogens with two attached hydrogens (primary N) is 1. The van der Waals surface area contributed by atoms with Gasteiger partial charge in [-0.1, -0.05) is 12.1 Å². The molecule has 3 rings (SSSR count). The van der Waals surface area contributed by atoms with Crippen LogP contribution in [0.3, 0.4) is 0 Å². The molecule has 0 unspecified atom stereocenters. The molecule has 1 aliphatic heterocycles. The Morgan fingerprint density at radius 1 is 1.19 bits per heavy atom. The summed E-state index contributed by atoms with van der Waals surface area (Å²) in [4.78, 5) is 27.7. The quantitative estimate of drug-likeness (QED) is 0.747. The third-order valence-corrected chi connectivity index (χ3v) is 4.58. The van der Waals surface area contributed by atoms with Gasteiger partial charge >= 0.3 is 0 Å². The minimum atomic E-state index is -0.527. The number of pyridine rings is 1. The minimum Gasteiger partial charge on any atom is -0.381 e. The number of amides is 2. The Bertz CT molecular complexity index is 785. The number of benzene rings is 1. The van der Waals surface area contributed by atoms with Crippen molar-refractivity contribution in [2.24, 2.45) is 11.7 Å². The summed E-state index contributed by atoms with van der Waals surface area (Å²) in [5.41, 5.74) is 7.79. The molecule has 3 N–H and O–H groups in total. The fourth-order valence-corrected chi connectivity index (χ4v) is 3.08. The van der Waals surface area contributed by atoms with Crippen molar-refractivity contribution in [3.8, 4) is 11.1 Å². The van der Waals surface area contributed by atoms with Crippen LogP contribution < -0.4 is 11.1 Å². The molecule has 6 nitrogen and oxygen atoms in total. The fraction of sp³-hybridized carbons (Fsp3) is 0.350. The number of nitrogens with one attached hydrogen (secondary N) is 1. The predicted molar refractivity (Wildman–Crippen MR) is 98.7 cm³/mol. The van der Waals surface area contributed by atoms with Crippen molar-refractivity contribution in [1.82, 2.24) is 10.3 Å². The van der Waals surface area contributed by atoms with Crippen LogP contribution in [-0.2, 0) is 4.74 Å². The van der Waals surface area contributed by atoms with E-state index < -0.39 is 5.91 Å². The van der Waals surface area contributed by atoms with Crippen LogP contribution in [0.1, 0.15) is 40.0 Å². The molecule has 1 aromatic carbocycles. The molecule has 0 radical (unpaired) electrons. The number of primary amides is 1. The average Bonchev–Trinajstić information content (AvgIpc) is 3.19. The molecule has 1 atom stereocenters. The average molecular weight is 353 g/mol. The lowest BCUT2D eigenvalue weighted by atomic mass is 10.0. The van der Waals surface area contributed by atoms with E-state index in [1.807, 2.05) is 12.1 Å². The van der Waals surface area contributed by atoms with Crippen LogP contribution >= 0.6 is 0 Å². The van der Waals surface area contributed by atoms with Gasteiger partial charge < -0.3 is 15.8 Å². The van der Waals surface area contributed by atoms with Gasteiger partial charge in [-0.25, -0.2) is 0 Å². The van der Waals surface area contributed by atoms with E-state index in [1.54, 1.807) is 24.4 Å². The van der Waals surface area contributed by atoms with E-state index in [1.165, 1.54) is 6.20 Å². The summed E-state index contributed by atoms with van der Waals surface area (Å²) in [5.74, 6) is -0.00490. The maximum Gasteiger partial charge on any atom is 0.251 e. The Hall–Kier alpha value is -2.73. The van der Waals surface area contributed by atoms with Crippen LogP contribution in [0.25, 0.3) is 11.1 Å². The lowest BCUT2D eigenvalue weighted by Crippen LogP contribution is -2.24. The van der Waals surface area contributed by atoms with Gasteiger partial charge in [-0.3, -0.25) is 14.6 Å². The topological polar surface area (TPSA) is 94.3 Å². The zero-order valence-corrected chi connectivity index (χ0v) is 14.6. The maximum absolute atomic E-state index is 12.4. The van der Waals surface area contributed by atoms with Crippen molar-refractivity contribution in [3.05, 3.63) is 53.9 Å². The smallest absolute Gasteiger partial charge is 0.251 e. The molecule has 26 heavy (non-hydrogen) atoms. The van der Waals surface area contributed by atoms with Crippen LogP contribution in [0.15, 0.2) is 42.7 Å². The summed E-state index contributed by atoms with van der Waals surface area (Å²) in [5, 5.41) is 2.96. The van der Waals surface area contributed by atoms with Crippen molar-refractivity contribution in [1.29, 1.82) is 0 Å². The largest absolute Gasteiger partial charge is 0.381 e. The highest BCUT2D eigenvalue weighted by Gasteiger charge is 2.15. The first-order chi connectivity index (χ1) is 12.6. The van der Waals surface area contributed by atoms with E-state index >= 15 is 0 Å². The van der Waals surface area contributed by atoms with Crippen LogP contribution in [0.4, 0.5) is 0 Å². The summed E-state index contributed by atoms with van der Waals surface area (Å²) >= 11 is 0. The molecule has 0 bridgehead atoms. The lowest BCUT2D eigenvalue weighted by molar-refractivity contribution is 0.0951. The molecule has 136 valence electrons. The van der Waals surface area contributed by atoms with Gasteiger partial charge in [0, 0.05) is 43.3 Å². The normalized spacial score (nSPS) is 16.4. The van der Waals surface area contributed by atoms with Gasteiger partial charge in [0.2, 0.25) is 5.91 Å². The number of carbonyl (C=O) groups is 2. The summed E-state index contributed by atoms with van der Waals surface area (Å²) in [6.45, 7) is 2.35. The highest BCUT2D eigenvalue weighted by atomic mass is 16.5. The zero-order valence-electron chi connectivity index (χ0n) is 14.6. The fourth-order valence-electron chi connectivity index (χ4n) is 3.08. The highest BCUT2D eigenvalue weighted by molar-refractivity contribution is 5.96. The molecule has 0 spiro atoms. The van der Waals surface area contributed by atoms with Crippen molar-refractivity contribution in [2.75, 3.05) is 19.8 Å². The van der Waals surface area contributed by atoms with E-state index in [9.17, 15) is 9.59 Å². The van der Waals surface area contributed by atoms with Crippen LogP contribution in [0.5, 0.6) is 0 Å². The van der Waals surface area contributed by atoms with Gasteiger partial charge in [0.25, 0.3) is 5.91 Å². The van der Waals surface area contributed by atoms with Gasteiger partial charge in [0.05, 0.1) is 5.56 Å². The molecule has 2 amide bonds. The second kappa shape index (κ2) is 8.58. The van der Waals surface area contributed by atoms with E-state index in [0.29, 0.717) is 23.6 Å². The molecule has 2 aromatic rings. The Balaban J connectivity index is 1.60. The monoisotopic (exact) mass is 353 g/mol. The molecule has 0 aliphatic carbocycles. The number of nitrogens with zero attached hydrogens (tertiary/aromatic N) is 1. The Morgan fingerprint density at radius 3 is 2.81 bits per heavy atom. The standard InChI is InChI=1S/C20H23N3O3/c21-19(24)18-10-17(11-22-12-18)15-4-1-5-16(9-15)20(25)23-7-2-3-14-6-8-26-13-14/h1,4-5,9-12,14H,2-3,6-8,13H2,(H2,21,24)(H,23,25)/t14-/m1/s1. The number of ether oxygens (including phenoxy) is 1. The zero-order chi connectivity index (χ0) is 18.4. The van der Waals surface area contributed by atoms with Crippen molar-refractivity contribution in [3.63, 3.8) is 0 Å².